The number of ether oxygens (including phenoxy) is 2. The van der Waals surface area contributed by atoms with Crippen LogP contribution >= 0.6 is 0 Å². The second-order valence-corrected chi connectivity index (χ2v) is 7.39. The molecule has 27 heavy (non-hydrogen) atoms. The number of nitrogens with two attached hydrogens (primary N) is 1. The van der Waals surface area contributed by atoms with Gasteiger partial charge in [-0.05, 0) is 20.8 Å². The summed E-state index contributed by atoms with van der Waals surface area (Å²) in [6.07, 6.45) is 4.05. The first kappa shape index (κ1) is 19.0. The van der Waals surface area contributed by atoms with E-state index >= 15 is 0 Å². The van der Waals surface area contributed by atoms with Crippen LogP contribution in [0.1, 0.15) is 33.4 Å². The highest BCUT2D eigenvalue weighted by atomic mass is 19.1. The quantitative estimate of drug-likeness (QED) is 0.457. The monoisotopic (exact) mass is 377 g/mol. The summed E-state index contributed by atoms with van der Waals surface area (Å²) in [6, 6.07) is 0. The highest BCUT2D eigenvalue weighted by molar-refractivity contribution is 5.81. The van der Waals surface area contributed by atoms with Crippen LogP contribution in [0.5, 0.6) is 0 Å². The SMILES string of the molecule is C#CC1(COC(=O)C(C)(C)C)O[C@@H](n2cnc3c(N)nc(F)nc32)C[C@@H]1O. The Kier molecular flexibility index (Phi) is 4.53. The summed E-state index contributed by atoms with van der Waals surface area (Å²) in [5, 5.41) is 10.5. The van der Waals surface area contributed by atoms with Crippen LogP contribution in [0.3, 0.4) is 0 Å². The van der Waals surface area contributed by atoms with Crippen molar-refractivity contribution in [3.8, 4) is 12.3 Å². The van der Waals surface area contributed by atoms with Crippen molar-refractivity contribution in [1.82, 2.24) is 19.5 Å². The number of carbonyl (C=O) groups excluding carboxylic acids is 1. The van der Waals surface area contributed by atoms with Crippen molar-refractivity contribution in [2.75, 3.05) is 12.3 Å². The number of carbonyl (C=O) groups is 1. The van der Waals surface area contributed by atoms with E-state index in [1.807, 2.05) is 0 Å². The second kappa shape index (κ2) is 6.44. The summed E-state index contributed by atoms with van der Waals surface area (Å²) in [6.45, 7) is 4.77. The van der Waals surface area contributed by atoms with E-state index in [1.54, 1.807) is 20.8 Å². The van der Waals surface area contributed by atoms with Crippen molar-refractivity contribution in [3.05, 3.63) is 12.4 Å². The molecular formula is C17H20FN5O4. The zero-order valence-corrected chi connectivity index (χ0v) is 15.1. The molecule has 1 aliphatic rings. The molecule has 3 heterocycles. The molecule has 0 bridgehead atoms. The fourth-order valence-corrected chi connectivity index (χ4v) is 2.73. The van der Waals surface area contributed by atoms with E-state index in [0.717, 1.165) is 0 Å². The molecule has 0 aromatic carbocycles. The molecule has 10 heteroatoms. The third-order valence-electron chi connectivity index (χ3n) is 4.32. The molecule has 0 spiro atoms. The van der Waals surface area contributed by atoms with Crippen molar-refractivity contribution in [2.45, 2.75) is 45.1 Å². The Morgan fingerprint density at radius 2 is 2.30 bits per heavy atom. The molecule has 9 nitrogen and oxygen atoms in total. The zero-order valence-electron chi connectivity index (χ0n) is 15.1. The maximum atomic E-state index is 13.5. The highest BCUT2D eigenvalue weighted by Crippen LogP contribution is 2.38. The molecule has 3 N–H and O–H groups in total. The van der Waals surface area contributed by atoms with E-state index in [9.17, 15) is 14.3 Å². The number of terminal acetylenes is 1. The molecule has 0 amide bonds. The molecule has 0 radical (unpaired) electrons. The average Bonchev–Trinajstić information content (AvgIpc) is 3.13. The predicted octanol–water partition coefficient (Wildman–Crippen LogP) is 0.789. The Balaban J connectivity index is 1.87. The van der Waals surface area contributed by atoms with Crippen LogP contribution in [-0.4, -0.2) is 48.9 Å². The Bertz CT molecular complexity index is 932. The molecular weight excluding hydrogens is 357 g/mol. The summed E-state index contributed by atoms with van der Waals surface area (Å²) < 4.78 is 26.0. The number of aliphatic hydroxyl groups is 1. The van der Waals surface area contributed by atoms with Crippen LogP contribution in [0, 0.1) is 23.8 Å². The molecule has 1 fully saturated rings. The van der Waals surface area contributed by atoms with Crippen LogP contribution in [0.4, 0.5) is 10.2 Å². The third-order valence-corrected chi connectivity index (χ3v) is 4.32. The van der Waals surface area contributed by atoms with Gasteiger partial charge in [-0.15, -0.1) is 6.42 Å². The lowest BCUT2D eigenvalue weighted by Crippen LogP contribution is -2.44. The maximum absolute atomic E-state index is 13.5. The van der Waals surface area contributed by atoms with Gasteiger partial charge in [-0.3, -0.25) is 9.36 Å². The molecule has 3 atom stereocenters. The summed E-state index contributed by atoms with van der Waals surface area (Å²) in [5.74, 6) is 1.79. The van der Waals surface area contributed by atoms with E-state index in [2.05, 4.69) is 20.9 Å². The Morgan fingerprint density at radius 3 is 2.93 bits per heavy atom. The maximum Gasteiger partial charge on any atom is 0.312 e. The Hall–Kier alpha value is -2.77. The summed E-state index contributed by atoms with van der Waals surface area (Å²) in [4.78, 5) is 23.2. The molecule has 1 unspecified atom stereocenters. The van der Waals surface area contributed by atoms with Crippen molar-refractivity contribution in [2.24, 2.45) is 5.41 Å². The van der Waals surface area contributed by atoms with Crippen molar-refractivity contribution in [1.29, 1.82) is 0 Å². The lowest BCUT2D eigenvalue weighted by molar-refractivity contribution is -0.164. The molecule has 1 aliphatic heterocycles. The molecule has 2 aromatic heterocycles. The van der Waals surface area contributed by atoms with E-state index in [-0.39, 0.29) is 30.0 Å². The number of nitrogens with zero attached hydrogens (tertiary/aromatic N) is 4. The number of aliphatic hydroxyl groups excluding tert-OH is 1. The number of esters is 1. The number of aromatic nitrogens is 4. The average molecular weight is 377 g/mol. The van der Waals surface area contributed by atoms with Gasteiger partial charge in [-0.25, -0.2) is 4.98 Å². The van der Waals surface area contributed by atoms with Crippen LogP contribution in [0.25, 0.3) is 11.2 Å². The van der Waals surface area contributed by atoms with Gasteiger partial charge in [0.2, 0.25) is 0 Å². The first-order valence-corrected chi connectivity index (χ1v) is 8.24. The van der Waals surface area contributed by atoms with Gasteiger partial charge in [0.15, 0.2) is 22.6 Å². The minimum Gasteiger partial charge on any atom is -0.461 e. The largest absolute Gasteiger partial charge is 0.461 e. The van der Waals surface area contributed by atoms with Crippen molar-refractivity contribution in [3.63, 3.8) is 0 Å². The van der Waals surface area contributed by atoms with Crippen LogP contribution in [0.15, 0.2) is 6.33 Å². The third kappa shape index (κ3) is 3.31. The number of hydrogen-bond acceptors (Lipinski definition) is 8. The number of anilines is 1. The number of hydrogen-bond donors (Lipinski definition) is 2. The normalized spacial score (nSPS) is 25.5. The number of rotatable bonds is 3. The Morgan fingerprint density at radius 1 is 1.59 bits per heavy atom. The standard InChI is InChI=1S/C17H20FN5O4/c1-5-17(7-26-14(25)16(2,3)4)9(24)6-10(27-17)23-8-20-11-12(19)21-15(18)22-13(11)23/h1,8-10,24H,6-7H2,2-4H3,(H2,19,21,22)/t9-,10+,17?/m0/s1. The number of imidazole rings is 1. The van der Waals surface area contributed by atoms with Gasteiger partial charge in [-0.1, -0.05) is 5.92 Å². The summed E-state index contributed by atoms with van der Waals surface area (Å²) >= 11 is 0. The van der Waals surface area contributed by atoms with Gasteiger partial charge in [0.05, 0.1) is 11.7 Å². The summed E-state index contributed by atoms with van der Waals surface area (Å²) in [5.41, 5.74) is 3.69. The van der Waals surface area contributed by atoms with Crippen LogP contribution in [0.2, 0.25) is 0 Å². The fourth-order valence-electron chi connectivity index (χ4n) is 2.73. The van der Waals surface area contributed by atoms with Gasteiger partial charge in [0.25, 0.3) is 0 Å². The number of halogens is 1. The van der Waals surface area contributed by atoms with Gasteiger partial charge in [0.1, 0.15) is 18.9 Å². The molecule has 1 saturated heterocycles. The highest BCUT2D eigenvalue weighted by Gasteiger charge is 2.49. The molecule has 0 aliphatic carbocycles. The lowest BCUT2D eigenvalue weighted by Gasteiger charge is -2.27. The zero-order chi connectivity index (χ0) is 20.0. The first-order valence-electron chi connectivity index (χ1n) is 8.24. The first-order chi connectivity index (χ1) is 12.6. The van der Waals surface area contributed by atoms with E-state index < -0.39 is 35.4 Å². The van der Waals surface area contributed by atoms with Crippen LogP contribution in [-0.2, 0) is 14.3 Å². The minimum atomic E-state index is -1.54. The summed E-state index contributed by atoms with van der Waals surface area (Å²) in [7, 11) is 0. The van der Waals surface area contributed by atoms with Gasteiger partial charge in [0, 0.05) is 6.42 Å². The minimum absolute atomic E-state index is 0.0637. The van der Waals surface area contributed by atoms with Gasteiger partial charge >= 0.3 is 12.0 Å². The van der Waals surface area contributed by atoms with Crippen LogP contribution < -0.4 is 5.73 Å². The molecule has 144 valence electrons. The van der Waals surface area contributed by atoms with Gasteiger partial charge < -0.3 is 20.3 Å². The lowest BCUT2D eigenvalue weighted by atomic mass is 9.96. The smallest absolute Gasteiger partial charge is 0.312 e. The number of nitrogen functional groups attached to an aromatic ring is 1. The van der Waals surface area contributed by atoms with Crippen molar-refractivity contribution < 1.29 is 23.8 Å². The van der Waals surface area contributed by atoms with E-state index in [4.69, 9.17) is 21.6 Å². The predicted molar refractivity (Wildman–Crippen MR) is 92.4 cm³/mol. The molecule has 0 saturated carbocycles. The van der Waals surface area contributed by atoms with E-state index in [0.29, 0.717) is 0 Å². The molecule has 3 rings (SSSR count). The topological polar surface area (TPSA) is 125 Å². The number of fused-ring (bicyclic) bond motifs is 1. The van der Waals surface area contributed by atoms with E-state index in [1.165, 1.54) is 10.9 Å². The fraction of sp³-hybridized carbons (Fsp3) is 0.529. The molecule has 2 aromatic rings. The second-order valence-electron chi connectivity index (χ2n) is 7.39. The Labute approximate surface area is 154 Å². The van der Waals surface area contributed by atoms with Crippen molar-refractivity contribution >= 4 is 23.0 Å². The van der Waals surface area contributed by atoms with Gasteiger partial charge in [-0.2, -0.15) is 14.4 Å².